The molecule has 1 saturated heterocycles. The van der Waals surface area contributed by atoms with Crippen LogP contribution in [0.4, 0.5) is 11.5 Å². The Labute approximate surface area is 303 Å². The zero-order valence-electron chi connectivity index (χ0n) is 29.9. The lowest BCUT2D eigenvalue weighted by atomic mass is 9.93. The minimum atomic E-state index is -0.827. The van der Waals surface area contributed by atoms with Crippen LogP contribution in [0.1, 0.15) is 60.4 Å². The number of hydrogen-bond donors (Lipinski definition) is 2. The number of nitrogens with zero attached hydrogens (tertiary/aromatic N) is 6. The Morgan fingerprint density at radius 1 is 0.981 bits per heavy atom. The number of hydrogen-bond acceptors (Lipinski definition) is 9. The SMILES string of the molecule is CCCN(CCC(=O)O)Cc1cc(C#N)c2oc(-c3cccc(-c4cccc(Nc5nccc6cc(CN7CCCC7)cnc56)c4C)c3C)nc2c1. The third kappa shape index (κ3) is 7.38. The molecule has 7 rings (SSSR count). The summed E-state index contributed by atoms with van der Waals surface area (Å²) >= 11 is 0. The van der Waals surface area contributed by atoms with Crippen LogP contribution < -0.4 is 5.32 Å². The Balaban J connectivity index is 1.17. The third-order valence-corrected chi connectivity index (χ3v) is 9.96. The van der Waals surface area contributed by atoms with Crippen molar-refractivity contribution in [3.05, 3.63) is 101 Å². The van der Waals surface area contributed by atoms with Gasteiger partial charge < -0.3 is 14.8 Å². The van der Waals surface area contributed by atoms with Crippen molar-refractivity contribution >= 4 is 39.5 Å². The summed E-state index contributed by atoms with van der Waals surface area (Å²) in [4.78, 5) is 30.2. The number of oxazole rings is 1. The monoisotopic (exact) mass is 693 g/mol. The normalized spacial score (nSPS) is 13.3. The molecular formula is C42H43N7O3. The number of aliphatic carboxylic acids is 1. The van der Waals surface area contributed by atoms with Gasteiger partial charge in [-0.05, 0) is 123 Å². The van der Waals surface area contributed by atoms with Gasteiger partial charge in [0, 0.05) is 48.7 Å². The van der Waals surface area contributed by atoms with E-state index in [1.807, 2.05) is 48.8 Å². The molecule has 52 heavy (non-hydrogen) atoms. The van der Waals surface area contributed by atoms with Crippen LogP contribution >= 0.6 is 0 Å². The van der Waals surface area contributed by atoms with Crippen LogP contribution in [0.25, 0.3) is 44.6 Å². The number of carboxylic acids is 1. The molecule has 4 heterocycles. The first-order valence-electron chi connectivity index (χ1n) is 18.0. The summed E-state index contributed by atoms with van der Waals surface area (Å²) in [6.45, 7) is 11.2. The number of nitrogens with one attached hydrogen (secondary N) is 1. The van der Waals surface area contributed by atoms with Gasteiger partial charge in [0.2, 0.25) is 5.89 Å². The van der Waals surface area contributed by atoms with E-state index < -0.39 is 5.97 Å². The molecule has 0 radical (unpaired) electrons. The van der Waals surface area contributed by atoms with Crippen molar-refractivity contribution in [1.82, 2.24) is 24.8 Å². The zero-order chi connectivity index (χ0) is 36.2. The highest BCUT2D eigenvalue weighted by Crippen LogP contribution is 2.38. The van der Waals surface area contributed by atoms with Gasteiger partial charge in [0.1, 0.15) is 17.1 Å². The lowest BCUT2D eigenvalue weighted by Crippen LogP contribution is -2.26. The van der Waals surface area contributed by atoms with E-state index >= 15 is 0 Å². The summed E-state index contributed by atoms with van der Waals surface area (Å²) in [6.07, 6.45) is 7.29. The fourth-order valence-corrected chi connectivity index (χ4v) is 7.31. The van der Waals surface area contributed by atoms with Crippen molar-refractivity contribution in [2.24, 2.45) is 0 Å². The molecule has 0 atom stereocenters. The minimum Gasteiger partial charge on any atom is -0.481 e. The first-order valence-corrected chi connectivity index (χ1v) is 18.0. The molecule has 0 saturated carbocycles. The highest BCUT2D eigenvalue weighted by molar-refractivity contribution is 5.91. The van der Waals surface area contributed by atoms with E-state index in [-0.39, 0.29) is 6.42 Å². The second kappa shape index (κ2) is 15.3. The average Bonchev–Trinajstić information content (AvgIpc) is 3.82. The Bertz CT molecular complexity index is 2300. The quantitative estimate of drug-likeness (QED) is 0.121. The van der Waals surface area contributed by atoms with E-state index in [1.54, 1.807) is 0 Å². The number of anilines is 2. The Hall–Kier alpha value is -5.63. The van der Waals surface area contributed by atoms with E-state index in [4.69, 9.17) is 14.4 Å². The van der Waals surface area contributed by atoms with Crippen molar-refractivity contribution in [3.63, 3.8) is 0 Å². The Kier molecular flexibility index (Phi) is 10.2. The van der Waals surface area contributed by atoms with Gasteiger partial charge in [0.05, 0.1) is 12.0 Å². The lowest BCUT2D eigenvalue weighted by molar-refractivity contribution is -0.137. The van der Waals surface area contributed by atoms with E-state index in [0.29, 0.717) is 35.6 Å². The molecule has 10 nitrogen and oxygen atoms in total. The van der Waals surface area contributed by atoms with Gasteiger partial charge >= 0.3 is 5.97 Å². The van der Waals surface area contributed by atoms with Crippen LogP contribution in [0, 0.1) is 25.2 Å². The highest BCUT2D eigenvalue weighted by atomic mass is 16.4. The average molecular weight is 694 g/mol. The molecule has 0 bridgehead atoms. The predicted octanol–water partition coefficient (Wildman–Crippen LogP) is 8.62. The third-order valence-electron chi connectivity index (χ3n) is 9.96. The summed E-state index contributed by atoms with van der Waals surface area (Å²) in [5.41, 5.74) is 10.4. The van der Waals surface area contributed by atoms with Gasteiger partial charge in [-0.15, -0.1) is 0 Å². The topological polar surface area (TPSA) is 131 Å². The first-order chi connectivity index (χ1) is 25.3. The van der Waals surface area contributed by atoms with Crippen LogP contribution in [-0.4, -0.2) is 62.0 Å². The van der Waals surface area contributed by atoms with E-state index in [2.05, 4.69) is 71.2 Å². The van der Waals surface area contributed by atoms with E-state index in [1.165, 1.54) is 18.4 Å². The molecule has 264 valence electrons. The summed E-state index contributed by atoms with van der Waals surface area (Å²) in [5, 5.41) is 23.9. The maximum atomic E-state index is 11.2. The molecule has 0 aliphatic carbocycles. The van der Waals surface area contributed by atoms with Crippen molar-refractivity contribution in [1.29, 1.82) is 5.26 Å². The molecule has 6 aromatic rings. The van der Waals surface area contributed by atoms with Crippen LogP contribution in [-0.2, 0) is 17.9 Å². The summed E-state index contributed by atoms with van der Waals surface area (Å²) < 4.78 is 6.30. The van der Waals surface area contributed by atoms with Crippen LogP contribution in [0.3, 0.4) is 0 Å². The second-order valence-electron chi connectivity index (χ2n) is 13.7. The first kappa shape index (κ1) is 34.8. The fourth-order valence-electron chi connectivity index (χ4n) is 7.31. The van der Waals surface area contributed by atoms with Crippen LogP contribution in [0.2, 0.25) is 0 Å². The minimum absolute atomic E-state index is 0.0621. The molecule has 10 heteroatoms. The van der Waals surface area contributed by atoms with E-state index in [9.17, 15) is 15.2 Å². The number of benzene rings is 3. The molecule has 0 amide bonds. The second-order valence-corrected chi connectivity index (χ2v) is 13.7. The Morgan fingerprint density at radius 3 is 2.52 bits per heavy atom. The Morgan fingerprint density at radius 2 is 1.75 bits per heavy atom. The van der Waals surface area contributed by atoms with Crippen LogP contribution in [0.15, 0.2) is 77.5 Å². The van der Waals surface area contributed by atoms with Crippen molar-refractivity contribution < 1.29 is 14.3 Å². The molecule has 1 fully saturated rings. The number of pyridine rings is 2. The number of carboxylic acid groups (broad SMARTS) is 1. The molecule has 3 aromatic carbocycles. The molecular weight excluding hydrogens is 651 g/mol. The maximum absolute atomic E-state index is 11.2. The smallest absolute Gasteiger partial charge is 0.304 e. The largest absolute Gasteiger partial charge is 0.481 e. The lowest BCUT2D eigenvalue weighted by Gasteiger charge is -2.20. The highest BCUT2D eigenvalue weighted by Gasteiger charge is 2.20. The van der Waals surface area contributed by atoms with Gasteiger partial charge in [0.15, 0.2) is 11.4 Å². The molecule has 1 aliphatic rings. The summed E-state index contributed by atoms with van der Waals surface area (Å²) in [6, 6.07) is 22.6. The number of carbonyl (C=O) groups is 1. The molecule has 1 aliphatic heterocycles. The van der Waals surface area contributed by atoms with E-state index in [0.717, 1.165) is 88.4 Å². The van der Waals surface area contributed by atoms with Gasteiger partial charge in [-0.1, -0.05) is 31.2 Å². The number of rotatable bonds is 13. The maximum Gasteiger partial charge on any atom is 0.304 e. The van der Waals surface area contributed by atoms with Gasteiger partial charge in [-0.3, -0.25) is 19.6 Å². The molecule has 2 N–H and O–H groups in total. The van der Waals surface area contributed by atoms with Gasteiger partial charge in [0.25, 0.3) is 0 Å². The van der Waals surface area contributed by atoms with Crippen molar-refractivity contribution in [3.8, 4) is 28.7 Å². The van der Waals surface area contributed by atoms with Crippen LogP contribution in [0.5, 0.6) is 0 Å². The predicted molar refractivity (Wildman–Crippen MR) is 204 cm³/mol. The molecule has 0 unspecified atom stereocenters. The number of likely N-dealkylation sites (tertiary alicyclic amines) is 1. The molecule has 3 aromatic heterocycles. The zero-order valence-corrected chi connectivity index (χ0v) is 29.9. The summed E-state index contributed by atoms with van der Waals surface area (Å²) in [7, 11) is 0. The molecule has 0 spiro atoms. The number of aromatic nitrogens is 3. The fraction of sp³-hybridized carbons (Fsp3) is 0.310. The standard InChI is InChI=1S/C42H43N7O3/c1-4-16-48(19-14-38(50)51)25-29-20-32(23-43)40-37(22-29)47-42(52-40)35-11-7-9-33(27(35)2)34-10-8-12-36(28(34)3)46-41-39-31(13-15-44-41)21-30(24-45-39)26-49-17-5-6-18-49/h7-13,15,20-22,24H,4-6,14,16-19,25-26H2,1-3H3,(H,44,46)(H,50,51). The number of fused-ring (bicyclic) bond motifs is 2. The van der Waals surface area contributed by atoms with Crippen molar-refractivity contribution in [2.45, 2.75) is 59.5 Å². The van der Waals surface area contributed by atoms with Gasteiger partial charge in [-0.2, -0.15) is 5.26 Å². The van der Waals surface area contributed by atoms with Gasteiger partial charge in [-0.25, -0.2) is 9.97 Å². The summed E-state index contributed by atoms with van der Waals surface area (Å²) in [5.74, 6) is 0.336. The number of nitriles is 1. The van der Waals surface area contributed by atoms with Crippen molar-refractivity contribution in [2.75, 3.05) is 31.5 Å².